The Kier molecular flexibility index (Phi) is 4.75. The maximum absolute atomic E-state index is 11.8. The number of imidazole rings is 1. The van der Waals surface area contributed by atoms with Crippen molar-refractivity contribution in [2.75, 3.05) is 0 Å². The van der Waals surface area contributed by atoms with E-state index >= 15 is 0 Å². The van der Waals surface area contributed by atoms with Crippen LogP contribution in [0.5, 0.6) is 5.75 Å². The van der Waals surface area contributed by atoms with Crippen molar-refractivity contribution in [1.29, 1.82) is 0 Å². The van der Waals surface area contributed by atoms with Gasteiger partial charge in [0.15, 0.2) is 12.4 Å². The highest BCUT2D eigenvalue weighted by atomic mass is 16.5. The number of carbonyl (C=O) groups is 1. The predicted octanol–water partition coefficient (Wildman–Crippen LogP) is 3.80. The number of aldehydes is 1. The fourth-order valence-corrected chi connectivity index (χ4v) is 2.73. The van der Waals surface area contributed by atoms with Gasteiger partial charge in [-0.05, 0) is 42.7 Å². The third-order valence-electron chi connectivity index (χ3n) is 4.19. The van der Waals surface area contributed by atoms with E-state index in [4.69, 9.17) is 4.74 Å². The lowest BCUT2D eigenvalue weighted by atomic mass is 9.93. The van der Waals surface area contributed by atoms with E-state index in [1.54, 1.807) is 12.4 Å². The highest BCUT2D eigenvalue weighted by Gasteiger charge is 2.28. The summed E-state index contributed by atoms with van der Waals surface area (Å²) in [5.74, 6) is 1.10. The van der Waals surface area contributed by atoms with E-state index in [0.29, 0.717) is 11.6 Å². The van der Waals surface area contributed by atoms with Gasteiger partial charge in [0.05, 0.1) is 5.92 Å². The molecule has 2 atom stereocenters. The molecule has 0 radical (unpaired) electrons. The number of carbonyl (C=O) groups excluding carboxylic acids is 1. The molecule has 0 saturated heterocycles. The Morgan fingerprint density at radius 3 is 2.50 bits per heavy atom. The molecule has 0 bridgehead atoms. The first-order valence-corrected chi connectivity index (χ1v) is 7.92. The van der Waals surface area contributed by atoms with Crippen LogP contribution in [-0.2, 0) is 4.79 Å². The molecule has 0 aliphatic heterocycles. The van der Waals surface area contributed by atoms with E-state index in [0.717, 1.165) is 17.4 Å². The summed E-state index contributed by atoms with van der Waals surface area (Å²) < 4.78 is 6.01. The third-order valence-corrected chi connectivity index (χ3v) is 4.19. The van der Waals surface area contributed by atoms with Gasteiger partial charge in [-0.2, -0.15) is 0 Å². The summed E-state index contributed by atoms with van der Waals surface area (Å²) in [4.78, 5) is 19.3. The largest absolute Gasteiger partial charge is 0.482 e. The maximum atomic E-state index is 11.8. The molecule has 0 spiro atoms. The lowest BCUT2D eigenvalue weighted by Crippen LogP contribution is -2.28. The number of benzene rings is 2. The molecular weight excluding hydrogens is 300 g/mol. The van der Waals surface area contributed by atoms with Gasteiger partial charge in [0.25, 0.3) is 0 Å². The number of nitrogens with one attached hydrogen (secondary N) is 1. The first-order chi connectivity index (χ1) is 11.7. The second-order valence-corrected chi connectivity index (χ2v) is 5.83. The number of aromatic nitrogens is 2. The molecule has 24 heavy (non-hydrogen) atoms. The van der Waals surface area contributed by atoms with Crippen LogP contribution in [0.1, 0.15) is 28.4 Å². The average Bonchev–Trinajstić information content (AvgIpc) is 3.12. The molecule has 4 nitrogen and oxygen atoms in total. The molecular formula is C20H20N2O2. The number of aromatic amines is 1. The molecule has 3 rings (SSSR count). The molecule has 1 aromatic heterocycles. The van der Waals surface area contributed by atoms with E-state index in [1.807, 2.05) is 62.4 Å². The van der Waals surface area contributed by atoms with Crippen molar-refractivity contribution in [2.24, 2.45) is 0 Å². The standard InChI is InChI=1S/C20H20N2O2/c1-14-8-9-17(12-15(14)2)24-18(13-23)19(20-21-10-11-22-20)16-6-4-3-5-7-16/h3-13,18-19H,1-2H3,(H,21,22). The summed E-state index contributed by atoms with van der Waals surface area (Å²) >= 11 is 0. The zero-order valence-corrected chi connectivity index (χ0v) is 13.8. The van der Waals surface area contributed by atoms with Crippen molar-refractivity contribution in [2.45, 2.75) is 25.9 Å². The molecule has 0 saturated carbocycles. The summed E-state index contributed by atoms with van der Waals surface area (Å²) in [5, 5.41) is 0. The smallest absolute Gasteiger partial charge is 0.167 e. The predicted molar refractivity (Wildman–Crippen MR) is 93.3 cm³/mol. The number of aryl methyl sites for hydroxylation is 2. The quantitative estimate of drug-likeness (QED) is 0.703. The summed E-state index contributed by atoms with van der Waals surface area (Å²) in [6.07, 6.45) is 3.61. The zero-order chi connectivity index (χ0) is 16.9. The molecule has 3 aromatic rings. The van der Waals surface area contributed by atoms with Gasteiger partial charge in [-0.3, -0.25) is 4.79 Å². The van der Waals surface area contributed by atoms with E-state index in [1.165, 1.54) is 5.56 Å². The van der Waals surface area contributed by atoms with Crippen molar-refractivity contribution in [3.63, 3.8) is 0 Å². The van der Waals surface area contributed by atoms with Crippen LogP contribution >= 0.6 is 0 Å². The highest BCUT2D eigenvalue weighted by Crippen LogP contribution is 2.28. The summed E-state index contributed by atoms with van der Waals surface area (Å²) in [6, 6.07) is 15.6. The molecule has 2 unspecified atom stereocenters. The van der Waals surface area contributed by atoms with Crippen LogP contribution < -0.4 is 4.74 Å². The van der Waals surface area contributed by atoms with Crippen molar-refractivity contribution < 1.29 is 9.53 Å². The maximum Gasteiger partial charge on any atom is 0.167 e. The van der Waals surface area contributed by atoms with Crippen LogP contribution in [0.2, 0.25) is 0 Å². The number of H-pyrrole nitrogens is 1. The van der Waals surface area contributed by atoms with Gasteiger partial charge in [-0.25, -0.2) is 4.98 Å². The first-order valence-electron chi connectivity index (χ1n) is 7.92. The Hall–Kier alpha value is -2.88. The van der Waals surface area contributed by atoms with E-state index in [2.05, 4.69) is 9.97 Å². The minimum Gasteiger partial charge on any atom is -0.482 e. The Morgan fingerprint density at radius 2 is 1.88 bits per heavy atom. The number of nitrogens with zero attached hydrogens (tertiary/aromatic N) is 1. The highest BCUT2D eigenvalue weighted by molar-refractivity contribution is 5.61. The number of hydrogen-bond acceptors (Lipinski definition) is 3. The molecule has 0 aliphatic rings. The minimum absolute atomic E-state index is 0.291. The second kappa shape index (κ2) is 7.13. The van der Waals surface area contributed by atoms with Gasteiger partial charge >= 0.3 is 0 Å². The van der Waals surface area contributed by atoms with E-state index in [-0.39, 0.29) is 5.92 Å². The van der Waals surface area contributed by atoms with Gasteiger partial charge in [-0.1, -0.05) is 36.4 Å². The average molecular weight is 320 g/mol. The van der Waals surface area contributed by atoms with Crippen molar-refractivity contribution >= 4 is 6.29 Å². The molecule has 1 N–H and O–H groups in total. The fraction of sp³-hybridized carbons (Fsp3) is 0.200. The lowest BCUT2D eigenvalue weighted by molar-refractivity contribution is -0.114. The number of hydrogen-bond donors (Lipinski definition) is 1. The van der Waals surface area contributed by atoms with Crippen molar-refractivity contribution in [1.82, 2.24) is 9.97 Å². The molecule has 4 heteroatoms. The summed E-state index contributed by atoms with van der Waals surface area (Å²) in [7, 11) is 0. The Morgan fingerprint density at radius 1 is 1.08 bits per heavy atom. The minimum atomic E-state index is -0.666. The van der Waals surface area contributed by atoms with Crippen LogP contribution in [0.4, 0.5) is 0 Å². The molecule has 0 aliphatic carbocycles. The van der Waals surface area contributed by atoms with E-state index < -0.39 is 6.10 Å². The van der Waals surface area contributed by atoms with Crippen LogP contribution in [0.3, 0.4) is 0 Å². The monoisotopic (exact) mass is 320 g/mol. The van der Waals surface area contributed by atoms with Crippen LogP contribution in [0, 0.1) is 13.8 Å². The molecule has 122 valence electrons. The van der Waals surface area contributed by atoms with Gasteiger partial charge < -0.3 is 9.72 Å². The lowest BCUT2D eigenvalue weighted by Gasteiger charge is -2.23. The Balaban J connectivity index is 1.95. The summed E-state index contributed by atoms with van der Waals surface area (Å²) in [6.45, 7) is 4.07. The van der Waals surface area contributed by atoms with Crippen molar-refractivity contribution in [3.8, 4) is 5.75 Å². The molecule has 2 aromatic carbocycles. The summed E-state index contributed by atoms with van der Waals surface area (Å²) in [5.41, 5.74) is 3.30. The number of ether oxygens (including phenoxy) is 1. The second-order valence-electron chi connectivity index (χ2n) is 5.83. The third kappa shape index (κ3) is 3.38. The fourth-order valence-electron chi connectivity index (χ4n) is 2.73. The van der Waals surface area contributed by atoms with Crippen molar-refractivity contribution in [3.05, 3.63) is 83.4 Å². The van der Waals surface area contributed by atoms with Gasteiger partial charge in [0.1, 0.15) is 11.6 Å². The number of rotatable bonds is 6. The Labute approximate surface area is 141 Å². The van der Waals surface area contributed by atoms with Crippen LogP contribution in [0.25, 0.3) is 0 Å². The first kappa shape index (κ1) is 16.0. The van der Waals surface area contributed by atoms with Gasteiger partial charge in [-0.15, -0.1) is 0 Å². The van der Waals surface area contributed by atoms with E-state index in [9.17, 15) is 4.79 Å². The molecule has 0 amide bonds. The van der Waals surface area contributed by atoms with Gasteiger partial charge in [0.2, 0.25) is 0 Å². The normalized spacial score (nSPS) is 13.2. The van der Waals surface area contributed by atoms with Crippen LogP contribution in [-0.4, -0.2) is 22.4 Å². The topological polar surface area (TPSA) is 55.0 Å². The SMILES string of the molecule is Cc1ccc(OC(C=O)C(c2ccccc2)c2ncc[nH]2)cc1C. The zero-order valence-electron chi connectivity index (χ0n) is 13.8. The molecule has 1 heterocycles. The molecule has 0 fully saturated rings. The van der Waals surface area contributed by atoms with Gasteiger partial charge in [0, 0.05) is 12.4 Å². The van der Waals surface area contributed by atoms with Crippen LogP contribution in [0.15, 0.2) is 60.9 Å². The Bertz CT molecular complexity index is 798.